The van der Waals surface area contributed by atoms with Crippen LogP contribution in [-0.4, -0.2) is 22.1 Å². The second-order valence-electron chi connectivity index (χ2n) is 5.86. The number of nitrogens with zero attached hydrogens (tertiary/aromatic N) is 2. The summed E-state index contributed by atoms with van der Waals surface area (Å²) in [6.45, 7) is 0. The Kier molecular flexibility index (Phi) is 5.71. The van der Waals surface area contributed by atoms with Crippen molar-refractivity contribution in [3.8, 4) is 0 Å². The summed E-state index contributed by atoms with van der Waals surface area (Å²) in [7, 11) is 0. The van der Waals surface area contributed by atoms with Gasteiger partial charge >= 0.3 is 0 Å². The lowest BCUT2D eigenvalue weighted by molar-refractivity contribution is 0.410. The van der Waals surface area contributed by atoms with Crippen LogP contribution in [0.3, 0.4) is 0 Å². The van der Waals surface area contributed by atoms with Crippen molar-refractivity contribution >= 4 is 46.6 Å². The molecule has 0 saturated heterocycles. The molecule has 0 bridgehead atoms. The number of nitrogens with two attached hydrogens (primary N) is 2. The molecular formula is C16H19Cl2N5S. The predicted molar refractivity (Wildman–Crippen MR) is 101 cm³/mol. The topological polar surface area (TPSA) is 89.8 Å². The van der Waals surface area contributed by atoms with Gasteiger partial charge in [0.1, 0.15) is 10.8 Å². The van der Waals surface area contributed by atoms with E-state index in [2.05, 4.69) is 15.3 Å². The summed E-state index contributed by atoms with van der Waals surface area (Å²) in [5.41, 5.74) is 12.0. The smallest absolute Gasteiger partial charge is 0.158 e. The average molecular weight is 384 g/mol. The van der Waals surface area contributed by atoms with E-state index in [0.717, 1.165) is 30.6 Å². The summed E-state index contributed by atoms with van der Waals surface area (Å²) < 4.78 is 0. The maximum absolute atomic E-state index is 6.20. The molecule has 0 amide bonds. The van der Waals surface area contributed by atoms with Gasteiger partial charge in [0.2, 0.25) is 0 Å². The minimum atomic E-state index is 0.320. The molecule has 3 rings (SSSR count). The molecule has 1 fully saturated rings. The van der Waals surface area contributed by atoms with E-state index in [1.54, 1.807) is 12.3 Å². The zero-order valence-corrected chi connectivity index (χ0v) is 15.3. The predicted octanol–water partition coefficient (Wildman–Crippen LogP) is 4.20. The van der Waals surface area contributed by atoms with Crippen LogP contribution in [0.25, 0.3) is 0 Å². The van der Waals surface area contributed by atoms with Crippen LogP contribution in [0.15, 0.2) is 34.3 Å². The molecule has 2 aromatic rings. The van der Waals surface area contributed by atoms with E-state index in [0.29, 0.717) is 38.8 Å². The summed E-state index contributed by atoms with van der Waals surface area (Å²) in [5, 5.41) is 4.99. The maximum Gasteiger partial charge on any atom is 0.158 e. The molecular weight excluding hydrogens is 365 g/mol. The maximum atomic E-state index is 6.20. The largest absolute Gasteiger partial charge is 0.381 e. The first-order valence-corrected chi connectivity index (χ1v) is 9.36. The number of hydrogen-bond acceptors (Lipinski definition) is 6. The molecule has 1 aromatic carbocycles. The summed E-state index contributed by atoms with van der Waals surface area (Å²) >= 11 is 13.6. The average Bonchev–Trinajstić information content (AvgIpc) is 2.56. The number of nitrogen functional groups attached to an aromatic ring is 1. The van der Waals surface area contributed by atoms with Crippen LogP contribution in [0.1, 0.15) is 25.7 Å². The second kappa shape index (κ2) is 7.78. The molecule has 0 atom stereocenters. The van der Waals surface area contributed by atoms with Gasteiger partial charge in [-0.2, -0.15) is 0 Å². The zero-order valence-electron chi connectivity index (χ0n) is 13.0. The quantitative estimate of drug-likeness (QED) is 0.732. The van der Waals surface area contributed by atoms with Crippen LogP contribution in [-0.2, 0) is 0 Å². The molecule has 0 unspecified atom stereocenters. The van der Waals surface area contributed by atoms with E-state index >= 15 is 0 Å². The number of rotatable bonds is 4. The zero-order chi connectivity index (χ0) is 17.1. The van der Waals surface area contributed by atoms with Crippen LogP contribution in [0.2, 0.25) is 10.0 Å². The van der Waals surface area contributed by atoms with Crippen molar-refractivity contribution in [2.24, 2.45) is 5.73 Å². The van der Waals surface area contributed by atoms with E-state index in [9.17, 15) is 0 Å². The number of nitrogens with one attached hydrogen (secondary N) is 1. The fourth-order valence-electron chi connectivity index (χ4n) is 2.68. The first-order chi connectivity index (χ1) is 11.5. The molecule has 5 N–H and O–H groups in total. The van der Waals surface area contributed by atoms with Crippen molar-refractivity contribution in [2.75, 3.05) is 11.1 Å². The summed E-state index contributed by atoms with van der Waals surface area (Å²) in [6, 6.07) is 6.15. The second-order valence-corrected chi connectivity index (χ2v) is 7.67. The highest BCUT2D eigenvalue weighted by Crippen LogP contribution is 2.38. The third-order valence-corrected chi connectivity index (χ3v) is 6.01. The fourth-order valence-corrected chi connectivity index (χ4v) is 3.96. The van der Waals surface area contributed by atoms with E-state index in [1.807, 2.05) is 12.1 Å². The highest BCUT2D eigenvalue weighted by Gasteiger charge is 2.19. The molecule has 5 nitrogen and oxygen atoms in total. The highest BCUT2D eigenvalue weighted by atomic mass is 35.5. The molecule has 128 valence electrons. The number of anilines is 2. The molecule has 0 spiro atoms. The van der Waals surface area contributed by atoms with Crippen molar-refractivity contribution < 1.29 is 0 Å². The number of halogens is 2. The van der Waals surface area contributed by atoms with Crippen LogP contribution < -0.4 is 16.8 Å². The van der Waals surface area contributed by atoms with Crippen molar-refractivity contribution in [1.29, 1.82) is 0 Å². The minimum absolute atomic E-state index is 0.320. The van der Waals surface area contributed by atoms with Crippen LogP contribution >= 0.6 is 35.0 Å². The third-order valence-electron chi connectivity index (χ3n) is 4.01. The van der Waals surface area contributed by atoms with E-state index in [1.165, 1.54) is 11.8 Å². The Bertz CT molecular complexity index is 720. The van der Waals surface area contributed by atoms with Gasteiger partial charge in [0.05, 0.1) is 16.2 Å². The lowest BCUT2D eigenvalue weighted by atomic mass is 9.92. The van der Waals surface area contributed by atoms with E-state index < -0.39 is 0 Å². The van der Waals surface area contributed by atoms with Gasteiger partial charge in [-0.05, 0) is 37.8 Å². The Balaban J connectivity index is 1.69. The number of hydrogen-bond donors (Lipinski definition) is 3. The standard InChI is InChI=1S/C16H19Cl2N5S/c17-11-2-1-3-12(14(11)18)24-16-15(20)23-13(8-21-16)22-10-6-4-9(19)5-7-10/h1-3,8-10H,4-7,19H2,(H3,20,22,23). The molecule has 0 radical (unpaired) electrons. The Morgan fingerprint density at radius 1 is 1.17 bits per heavy atom. The van der Waals surface area contributed by atoms with Crippen molar-refractivity contribution in [3.05, 3.63) is 34.4 Å². The van der Waals surface area contributed by atoms with Gasteiger partial charge in [0, 0.05) is 17.0 Å². The number of benzene rings is 1. The molecule has 1 heterocycles. The lowest BCUT2D eigenvalue weighted by Crippen LogP contribution is -2.33. The SMILES string of the molecule is Nc1nc(NC2CCC(N)CC2)cnc1Sc1cccc(Cl)c1Cl. The Labute approximate surface area is 155 Å². The lowest BCUT2D eigenvalue weighted by Gasteiger charge is -2.27. The van der Waals surface area contributed by atoms with E-state index in [4.69, 9.17) is 34.7 Å². The Morgan fingerprint density at radius 2 is 1.92 bits per heavy atom. The minimum Gasteiger partial charge on any atom is -0.381 e. The molecule has 1 aliphatic rings. The van der Waals surface area contributed by atoms with Crippen LogP contribution in [0, 0.1) is 0 Å². The molecule has 24 heavy (non-hydrogen) atoms. The molecule has 8 heteroatoms. The molecule has 1 saturated carbocycles. The first-order valence-electron chi connectivity index (χ1n) is 7.79. The Morgan fingerprint density at radius 3 is 2.62 bits per heavy atom. The monoisotopic (exact) mass is 383 g/mol. The van der Waals surface area contributed by atoms with Crippen molar-refractivity contribution in [1.82, 2.24) is 9.97 Å². The van der Waals surface area contributed by atoms with Crippen LogP contribution in [0.5, 0.6) is 0 Å². The van der Waals surface area contributed by atoms with Gasteiger partial charge in [0.15, 0.2) is 5.82 Å². The van der Waals surface area contributed by atoms with Gasteiger partial charge in [-0.3, -0.25) is 0 Å². The van der Waals surface area contributed by atoms with Crippen LogP contribution in [0.4, 0.5) is 11.6 Å². The van der Waals surface area contributed by atoms with Gasteiger partial charge in [-0.25, -0.2) is 9.97 Å². The Hall–Kier alpha value is -1.21. The first kappa shape index (κ1) is 17.6. The molecule has 0 aliphatic heterocycles. The molecule has 1 aromatic heterocycles. The van der Waals surface area contributed by atoms with Gasteiger partial charge in [-0.15, -0.1) is 0 Å². The van der Waals surface area contributed by atoms with Gasteiger partial charge in [-0.1, -0.05) is 41.0 Å². The van der Waals surface area contributed by atoms with E-state index in [-0.39, 0.29) is 0 Å². The fraction of sp³-hybridized carbons (Fsp3) is 0.375. The third kappa shape index (κ3) is 4.25. The molecule has 1 aliphatic carbocycles. The highest BCUT2D eigenvalue weighted by molar-refractivity contribution is 7.99. The summed E-state index contributed by atoms with van der Waals surface area (Å²) in [5.74, 6) is 1.06. The normalized spacial score (nSPS) is 20.8. The van der Waals surface area contributed by atoms with Gasteiger partial charge < -0.3 is 16.8 Å². The van der Waals surface area contributed by atoms with Gasteiger partial charge in [0.25, 0.3) is 0 Å². The number of aromatic nitrogens is 2. The van der Waals surface area contributed by atoms with Crippen molar-refractivity contribution in [2.45, 2.75) is 47.7 Å². The summed E-state index contributed by atoms with van der Waals surface area (Å²) in [6.07, 6.45) is 5.84. The van der Waals surface area contributed by atoms with Crippen molar-refractivity contribution in [3.63, 3.8) is 0 Å². The summed E-state index contributed by atoms with van der Waals surface area (Å²) in [4.78, 5) is 9.62.